The van der Waals surface area contributed by atoms with Gasteiger partial charge in [0.15, 0.2) is 0 Å². The monoisotopic (exact) mass is 554 g/mol. The van der Waals surface area contributed by atoms with Crippen molar-refractivity contribution in [2.24, 2.45) is 0 Å². The van der Waals surface area contributed by atoms with Crippen molar-refractivity contribution in [2.75, 3.05) is 26.2 Å². The topological polar surface area (TPSA) is 40.6 Å². The number of hydrogen-bond donors (Lipinski definition) is 0. The van der Waals surface area contributed by atoms with Gasteiger partial charge >= 0.3 is 0 Å². The molecule has 0 spiro atoms. The smallest absolute Gasteiger partial charge is 0.245 e. The molecule has 2 heterocycles. The Balaban J connectivity index is 0.000000168. The van der Waals surface area contributed by atoms with Gasteiger partial charge in [0, 0.05) is 38.0 Å². The first-order chi connectivity index (χ1) is 20.6. The number of carbonyl (C=O) groups is 2. The second-order valence-corrected chi connectivity index (χ2v) is 10.8. The molecule has 0 saturated heterocycles. The number of rotatable bonds is 4. The summed E-state index contributed by atoms with van der Waals surface area (Å²) in [5.74, 6) is 0.495. The summed E-state index contributed by atoms with van der Waals surface area (Å²) in [5, 5.41) is 0. The number of benzene rings is 4. The molecular weight excluding hydrogens is 516 g/mol. The third-order valence-corrected chi connectivity index (χ3v) is 8.35. The van der Waals surface area contributed by atoms with Crippen LogP contribution in [0.2, 0.25) is 0 Å². The molecule has 2 atom stereocenters. The summed E-state index contributed by atoms with van der Waals surface area (Å²) >= 11 is 0. The normalized spacial score (nSPS) is 17.7. The third kappa shape index (κ3) is 6.60. The van der Waals surface area contributed by atoms with Crippen molar-refractivity contribution in [3.05, 3.63) is 168 Å². The summed E-state index contributed by atoms with van der Waals surface area (Å²) < 4.78 is 0. The Kier molecular flexibility index (Phi) is 9.45. The Labute approximate surface area is 249 Å². The minimum atomic E-state index is 0.0173. The van der Waals surface area contributed by atoms with E-state index in [1.54, 1.807) is 0 Å². The van der Waals surface area contributed by atoms with Crippen molar-refractivity contribution >= 4 is 11.8 Å². The first-order valence-corrected chi connectivity index (χ1v) is 14.7. The lowest BCUT2D eigenvalue weighted by atomic mass is 9.88. The van der Waals surface area contributed by atoms with Gasteiger partial charge in [0.25, 0.3) is 0 Å². The molecule has 0 saturated carbocycles. The van der Waals surface area contributed by atoms with Crippen LogP contribution in [-0.2, 0) is 22.4 Å². The quantitative estimate of drug-likeness (QED) is 0.261. The van der Waals surface area contributed by atoms with E-state index in [-0.39, 0.29) is 23.7 Å². The molecule has 0 radical (unpaired) electrons. The molecular formula is C38H38N2O2. The molecule has 0 unspecified atom stereocenters. The first-order valence-electron chi connectivity index (χ1n) is 14.7. The fraction of sp³-hybridized carbons (Fsp3) is 0.211. The van der Waals surface area contributed by atoms with E-state index in [9.17, 15) is 9.59 Å². The van der Waals surface area contributed by atoms with E-state index in [1.165, 1.54) is 45.5 Å². The molecule has 2 amide bonds. The SMILES string of the molecule is C=CC(=O)N1CCc2ccccc2[C@@H](c2ccccc2)C1.C=CC(=O)N1CCc2ccccc2[C@H](c2ccccc2)C1. The molecule has 2 aliphatic rings. The lowest BCUT2D eigenvalue weighted by Gasteiger charge is -2.24. The predicted octanol–water partition coefficient (Wildman–Crippen LogP) is 6.78. The largest absolute Gasteiger partial charge is 0.338 e. The minimum Gasteiger partial charge on any atom is -0.338 e. The van der Waals surface area contributed by atoms with E-state index in [0.29, 0.717) is 13.1 Å². The summed E-state index contributed by atoms with van der Waals surface area (Å²) in [4.78, 5) is 27.9. The van der Waals surface area contributed by atoms with Crippen molar-refractivity contribution in [3.63, 3.8) is 0 Å². The van der Waals surface area contributed by atoms with E-state index in [2.05, 4.69) is 110 Å². The highest BCUT2D eigenvalue weighted by Gasteiger charge is 2.27. The third-order valence-electron chi connectivity index (χ3n) is 8.35. The van der Waals surface area contributed by atoms with Gasteiger partial charge in [0.2, 0.25) is 11.8 Å². The van der Waals surface area contributed by atoms with Crippen LogP contribution in [0.4, 0.5) is 0 Å². The van der Waals surface area contributed by atoms with Gasteiger partial charge in [-0.25, -0.2) is 0 Å². The molecule has 6 rings (SSSR count). The van der Waals surface area contributed by atoms with Crippen molar-refractivity contribution < 1.29 is 9.59 Å². The van der Waals surface area contributed by atoms with Crippen LogP contribution in [0.5, 0.6) is 0 Å². The molecule has 4 heteroatoms. The van der Waals surface area contributed by atoms with Crippen LogP contribution >= 0.6 is 0 Å². The Hall–Kier alpha value is -4.70. The van der Waals surface area contributed by atoms with Crippen molar-refractivity contribution in [2.45, 2.75) is 24.7 Å². The number of hydrogen-bond acceptors (Lipinski definition) is 2. The van der Waals surface area contributed by atoms with Crippen LogP contribution < -0.4 is 0 Å². The fourth-order valence-electron chi connectivity index (χ4n) is 6.13. The van der Waals surface area contributed by atoms with Gasteiger partial charge in [-0.3, -0.25) is 9.59 Å². The molecule has 0 aliphatic carbocycles. The number of carbonyl (C=O) groups excluding carboxylic acids is 2. The van der Waals surface area contributed by atoms with Crippen LogP contribution in [0.25, 0.3) is 0 Å². The maximum absolute atomic E-state index is 12.1. The van der Waals surface area contributed by atoms with Crippen molar-refractivity contribution in [3.8, 4) is 0 Å². The highest BCUT2D eigenvalue weighted by Crippen LogP contribution is 2.32. The molecule has 212 valence electrons. The van der Waals surface area contributed by atoms with Gasteiger partial charge in [-0.2, -0.15) is 0 Å². The molecule has 4 aromatic carbocycles. The average Bonchev–Trinajstić information content (AvgIpc) is 3.38. The Bertz CT molecular complexity index is 1410. The number of amides is 2. The molecule has 0 aromatic heterocycles. The molecule has 0 fully saturated rings. The van der Waals surface area contributed by atoms with Gasteiger partial charge in [0.1, 0.15) is 0 Å². The Morgan fingerprint density at radius 1 is 0.548 bits per heavy atom. The number of nitrogens with zero attached hydrogens (tertiary/aromatic N) is 2. The van der Waals surface area contributed by atoms with Gasteiger partial charge in [0.05, 0.1) is 0 Å². The van der Waals surface area contributed by atoms with Crippen molar-refractivity contribution in [1.29, 1.82) is 0 Å². The zero-order valence-corrected chi connectivity index (χ0v) is 24.1. The minimum absolute atomic E-state index is 0.0173. The predicted molar refractivity (Wildman–Crippen MR) is 170 cm³/mol. The highest BCUT2D eigenvalue weighted by atomic mass is 16.2. The second kappa shape index (κ2) is 13.8. The van der Waals surface area contributed by atoms with Crippen LogP contribution in [0, 0.1) is 0 Å². The molecule has 0 bridgehead atoms. The fourth-order valence-corrected chi connectivity index (χ4v) is 6.13. The van der Waals surface area contributed by atoms with E-state index in [1.807, 2.05) is 21.9 Å². The molecule has 4 nitrogen and oxygen atoms in total. The standard InChI is InChI=1S/2C19H19NO/c2*1-2-19(21)20-13-12-16-10-6-7-11-17(16)18(14-20)15-8-4-3-5-9-15/h2*2-11,18H,1,12-14H2/t2*18-/m10/s1. The summed E-state index contributed by atoms with van der Waals surface area (Å²) in [6, 6.07) is 37.9. The van der Waals surface area contributed by atoms with Crippen LogP contribution in [-0.4, -0.2) is 47.8 Å². The lowest BCUT2D eigenvalue weighted by molar-refractivity contribution is -0.126. The van der Waals surface area contributed by atoms with E-state index < -0.39 is 0 Å². The summed E-state index contributed by atoms with van der Waals surface area (Å²) in [6.07, 6.45) is 4.63. The average molecular weight is 555 g/mol. The van der Waals surface area contributed by atoms with E-state index in [4.69, 9.17) is 0 Å². The van der Waals surface area contributed by atoms with Gasteiger partial charge in [-0.15, -0.1) is 0 Å². The van der Waals surface area contributed by atoms with Gasteiger partial charge in [-0.05, 0) is 58.4 Å². The van der Waals surface area contributed by atoms with Crippen molar-refractivity contribution in [1.82, 2.24) is 9.80 Å². The summed E-state index contributed by atoms with van der Waals surface area (Å²) in [5.41, 5.74) is 7.87. The van der Waals surface area contributed by atoms with E-state index >= 15 is 0 Å². The molecule has 42 heavy (non-hydrogen) atoms. The maximum Gasteiger partial charge on any atom is 0.245 e. The zero-order valence-electron chi connectivity index (χ0n) is 24.1. The van der Waals surface area contributed by atoms with E-state index in [0.717, 1.165) is 25.9 Å². The molecule has 0 N–H and O–H groups in total. The van der Waals surface area contributed by atoms with Gasteiger partial charge < -0.3 is 9.80 Å². The Morgan fingerprint density at radius 2 is 0.905 bits per heavy atom. The zero-order chi connectivity index (χ0) is 29.3. The van der Waals surface area contributed by atoms with Crippen LogP contribution in [0.3, 0.4) is 0 Å². The van der Waals surface area contributed by atoms with Crippen LogP contribution in [0.15, 0.2) is 135 Å². The van der Waals surface area contributed by atoms with Crippen LogP contribution in [0.1, 0.15) is 45.2 Å². The molecule has 4 aromatic rings. The first kappa shape index (κ1) is 28.8. The maximum atomic E-state index is 12.1. The van der Waals surface area contributed by atoms with Gasteiger partial charge in [-0.1, -0.05) is 122 Å². The summed E-state index contributed by atoms with van der Waals surface area (Å²) in [7, 11) is 0. The highest BCUT2D eigenvalue weighted by molar-refractivity contribution is 5.87. The number of fused-ring (bicyclic) bond motifs is 2. The summed E-state index contributed by atoms with van der Waals surface area (Å²) in [6.45, 7) is 10.2. The second-order valence-electron chi connectivity index (χ2n) is 10.8. The molecule has 2 aliphatic heterocycles. The Morgan fingerprint density at radius 3 is 1.29 bits per heavy atom. The lowest BCUT2D eigenvalue weighted by Crippen LogP contribution is -2.33.